The molecule has 0 spiro atoms. The van der Waals surface area contributed by atoms with Crippen LogP contribution in [0.1, 0.15) is 19.3 Å². The molecule has 0 aliphatic rings. The molecule has 0 amide bonds. The summed E-state index contributed by atoms with van der Waals surface area (Å²) in [6.45, 7) is 2.91. The predicted molar refractivity (Wildman–Crippen MR) is 53.9 cm³/mol. The largest absolute Gasteiger partial charge is 0.272 e. The van der Waals surface area contributed by atoms with Gasteiger partial charge < -0.3 is 0 Å². The Kier molecular flexibility index (Phi) is 6.47. The van der Waals surface area contributed by atoms with Gasteiger partial charge in [-0.25, -0.2) is 4.39 Å². The lowest BCUT2D eigenvalue weighted by Crippen LogP contribution is -1.95. The Labute approximate surface area is 87.2 Å². The zero-order valence-electron chi connectivity index (χ0n) is 8.15. The van der Waals surface area contributed by atoms with E-state index in [0.717, 1.165) is 6.08 Å². The first-order valence-electron chi connectivity index (χ1n) is 4.32. The Hall–Kier alpha value is -1.96. The van der Waals surface area contributed by atoms with Crippen molar-refractivity contribution in [3.63, 3.8) is 0 Å². The smallest absolute Gasteiger partial charge is 0.258 e. The fourth-order valence-electron chi connectivity index (χ4n) is 0.825. The van der Waals surface area contributed by atoms with Gasteiger partial charge in [0.25, 0.3) is 5.70 Å². The molecular weight excluding hydrogens is 199 g/mol. The Balaban J connectivity index is 4.25. The van der Waals surface area contributed by atoms with E-state index in [1.54, 1.807) is 0 Å². The third kappa shape index (κ3) is 7.14. The molecule has 0 aliphatic carbocycles. The molecule has 0 heterocycles. The van der Waals surface area contributed by atoms with Gasteiger partial charge in [0.05, 0.1) is 17.1 Å². The number of hydrogen-bond donors (Lipinski definition) is 0. The van der Waals surface area contributed by atoms with E-state index in [0.29, 0.717) is 19.3 Å². The van der Waals surface area contributed by atoms with Crippen molar-refractivity contribution in [1.82, 2.24) is 0 Å². The second-order valence-corrected chi connectivity index (χ2v) is 2.73. The third-order valence-corrected chi connectivity index (χ3v) is 1.46. The van der Waals surface area contributed by atoms with Crippen molar-refractivity contribution in [2.45, 2.75) is 19.3 Å². The van der Waals surface area contributed by atoms with Crippen molar-refractivity contribution in [3.05, 3.63) is 46.4 Å². The molecule has 0 fully saturated rings. The van der Waals surface area contributed by atoms with E-state index in [-0.39, 0.29) is 5.70 Å². The molecule has 0 N–H and O–H groups in total. The first-order valence-corrected chi connectivity index (χ1v) is 4.32. The molecule has 0 saturated carbocycles. The molecule has 0 aliphatic heterocycles. The summed E-state index contributed by atoms with van der Waals surface area (Å²) in [5.74, 6) is -0.858. The number of halogens is 1. The Morgan fingerprint density at radius 2 is 2.33 bits per heavy atom. The van der Waals surface area contributed by atoms with Crippen molar-refractivity contribution in [1.29, 1.82) is 5.26 Å². The average Bonchev–Trinajstić information content (AvgIpc) is 2.15. The average molecular weight is 210 g/mol. The molecule has 15 heavy (non-hydrogen) atoms. The lowest BCUT2D eigenvalue weighted by molar-refractivity contribution is -0.419. The maximum Gasteiger partial charge on any atom is 0.272 e. The third-order valence-electron chi connectivity index (χ3n) is 1.46. The summed E-state index contributed by atoms with van der Waals surface area (Å²) in [4.78, 5) is 9.69. The van der Waals surface area contributed by atoms with E-state index >= 15 is 0 Å². The van der Waals surface area contributed by atoms with Crippen LogP contribution in [0.2, 0.25) is 0 Å². The minimum atomic E-state index is -0.858. The molecule has 0 saturated heterocycles. The molecular formula is C10H11FN2O2. The highest BCUT2D eigenvalue weighted by Crippen LogP contribution is 2.06. The molecule has 0 atom stereocenters. The highest BCUT2D eigenvalue weighted by Gasteiger charge is 2.05. The summed E-state index contributed by atoms with van der Waals surface area (Å²) >= 11 is 0. The molecule has 0 unspecified atom stereocenters. The van der Waals surface area contributed by atoms with Crippen LogP contribution >= 0.6 is 0 Å². The summed E-state index contributed by atoms with van der Waals surface area (Å²) in [5.41, 5.74) is -0.348. The lowest BCUT2D eigenvalue weighted by atomic mass is 10.2. The molecule has 0 aromatic rings. The van der Waals surface area contributed by atoms with Crippen LogP contribution in [0, 0.1) is 21.4 Å². The summed E-state index contributed by atoms with van der Waals surface area (Å²) in [7, 11) is 0. The van der Waals surface area contributed by atoms with Gasteiger partial charge in [0.15, 0.2) is 0 Å². The van der Waals surface area contributed by atoms with Gasteiger partial charge in [-0.2, -0.15) is 5.26 Å². The topological polar surface area (TPSA) is 66.9 Å². The van der Waals surface area contributed by atoms with Gasteiger partial charge in [-0.15, -0.1) is 0 Å². The number of nitriles is 1. The second kappa shape index (κ2) is 7.44. The minimum absolute atomic E-state index is 0.348. The highest BCUT2D eigenvalue weighted by atomic mass is 19.1. The molecule has 0 aromatic heterocycles. The molecule has 80 valence electrons. The number of unbranched alkanes of at least 4 members (excludes halogenated alkanes) is 2. The van der Waals surface area contributed by atoms with E-state index in [9.17, 15) is 14.5 Å². The fourth-order valence-corrected chi connectivity index (χ4v) is 0.825. The van der Waals surface area contributed by atoms with Gasteiger partial charge in [0.2, 0.25) is 0 Å². The van der Waals surface area contributed by atoms with Crippen molar-refractivity contribution < 1.29 is 9.31 Å². The van der Waals surface area contributed by atoms with E-state index in [2.05, 4.69) is 6.58 Å². The first kappa shape index (κ1) is 13.0. The number of nitrogens with zero attached hydrogens (tertiary/aromatic N) is 2. The molecule has 0 bridgehead atoms. The van der Waals surface area contributed by atoms with E-state index < -0.39 is 10.8 Å². The van der Waals surface area contributed by atoms with Gasteiger partial charge in [-0.05, 0) is 12.8 Å². The van der Waals surface area contributed by atoms with E-state index in [1.165, 1.54) is 12.2 Å². The lowest BCUT2D eigenvalue weighted by Gasteiger charge is -1.90. The fraction of sp³-hybridized carbons (Fsp3) is 0.300. The zero-order valence-corrected chi connectivity index (χ0v) is 8.15. The second-order valence-electron chi connectivity index (χ2n) is 2.73. The van der Waals surface area contributed by atoms with Crippen LogP contribution in [0.15, 0.2) is 36.3 Å². The predicted octanol–water partition coefficient (Wildman–Crippen LogP) is 2.88. The molecule has 0 rings (SSSR count). The minimum Gasteiger partial charge on any atom is -0.258 e. The summed E-state index contributed by atoms with van der Waals surface area (Å²) < 4.78 is 12.3. The standard InChI is InChI=1S/C10H11FN2O2/c1-9(11)8-10(13(14)15)6-4-2-3-5-7-12/h4,6,8H,1-3,5H2/b6-4-,10-8+. The summed E-state index contributed by atoms with van der Waals surface area (Å²) in [6.07, 6.45) is 5.08. The highest BCUT2D eigenvalue weighted by molar-refractivity contribution is 5.19. The number of allylic oxidation sites excluding steroid dienone is 4. The maximum absolute atomic E-state index is 12.3. The number of nitro groups is 1. The van der Waals surface area contributed by atoms with Crippen molar-refractivity contribution in [2.75, 3.05) is 0 Å². The Morgan fingerprint density at radius 1 is 1.67 bits per heavy atom. The van der Waals surface area contributed by atoms with Gasteiger partial charge in [-0.3, -0.25) is 10.1 Å². The Bertz CT molecular complexity index is 340. The maximum atomic E-state index is 12.3. The Morgan fingerprint density at radius 3 is 2.80 bits per heavy atom. The van der Waals surface area contributed by atoms with Crippen LogP contribution in [0.3, 0.4) is 0 Å². The number of rotatable bonds is 6. The monoisotopic (exact) mass is 210 g/mol. The van der Waals surface area contributed by atoms with E-state index in [4.69, 9.17) is 5.26 Å². The zero-order chi connectivity index (χ0) is 11.7. The van der Waals surface area contributed by atoms with Crippen LogP contribution in [0.5, 0.6) is 0 Å². The van der Waals surface area contributed by atoms with Crippen LogP contribution in [0.4, 0.5) is 4.39 Å². The van der Waals surface area contributed by atoms with Gasteiger partial charge >= 0.3 is 0 Å². The molecule has 0 aromatic carbocycles. The summed E-state index contributed by atoms with van der Waals surface area (Å²) in [6, 6.07) is 1.95. The van der Waals surface area contributed by atoms with Crippen molar-refractivity contribution >= 4 is 0 Å². The number of hydrogen-bond acceptors (Lipinski definition) is 3. The first-order chi connectivity index (χ1) is 7.07. The van der Waals surface area contributed by atoms with Crippen LogP contribution in [0.25, 0.3) is 0 Å². The van der Waals surface area contributed by atoms with Gasteiger partial charge in [0.1, 0.15) is 5.83 Å². The molecule has 0 radical (unpaired) electrons. The quantitative estimate of drug-likeness (QED) is 0.293. The SMILES string of the molecule is C=C(F)/C=C(\C=C/CCCC#N)[N+](=O)[O-]. The van der Waals surface area contributed by atoms with Gasteiger partial charge in [-0.1, -0.05) is 12.7 Å². The van der Waals surface area contributed by atoms with Crippen molar-refractivity contribution in [3.8, 4) is 6.07 Å². The normalized spacial score (nSPS) is 11.3. The van der Waals surface area contributed by atoms with Gasteiger partial charge in [0, 0.05) is 12.5 Å². The molecule has 5 heteroatoms. The van der Waals surface area contributed by atoms with Crippen LogP contribution < -0.4 is 0 Å². The van der Waals surface area contributed by atoms with Crippen LogP contribution in [-0.2, 0) is 0 Å². The van der Waals surface area contributed by atoms with Crippen molar-refractivity contribution in [2.24, 2.45) is 0 Å². The van der Waals surface area contributed by atoms with E-state index in [1.807, 2.05) is 6.07 Å². The van der Waals surface area contributed by atoms with Crippen LogP contribution in [-0.4, -0.2) is 4.92 Å². The molecule has 4 nitrogen and oxygen atoms in total. The summed E-state index contributed by atoms with van der Waals surface area (Å²) in [5, 5.41) is 18.6.